The fraction of sp³-hybridized carbons (Fsp3) is 1.00. The molecule has 0 aromatic carbocycles. The third kappa shape index (κ3) is 5.83. The second kappa shape index (κ2) is 8.04. The Morgan fingerprint density at radius 2 is 1.81 bits per heavy atom. The lowest BCUT2D eigenvalue weighted by Crippen LogP contribution is -2.45. The Bertz CT molecular complexity index is 167. The summed E-state index contributed by atoms with van der Waals surface area (Å²) < 4.78 is 10.5. The zero-order chi connectivity index (χ0) is 11.7. The van der Waals surface area contributed by atoms with Gasteiger partial charge in [-0.15, -0.1) is 0 Å². The summed E-state index contributed by atoms with van der Waals surface area (Å²) in [6, 6.07) is 0. The van der Waals surface area contributed by atoms with Crippen LogP contribution in [-0.4, -0.2) is 39.0 Å². The molecule has 0 aliphatic heterocycles. The summed E-state index contributed by atoms with van der Waals surface area (Å²) in [4.78, 5) is 0. The van der Waals surface area contributed by atoms with E-state index in [-0.39, 0.29) is 0 Å². The Balaban J connectivity index is 1.93. The number of ether oxygens (including phenoxy) is 2. The minimum Gasteiger partial charge on any atom is -0.385 e. The van der Waals surface area contributed by atoms with Crippen LogP contribution in [0.5, 0.6) is 0 Å². The van der Waals surface area contributed by atoms with Crippen LogP contribution in [0.2, 0.25) is 0 Å². The van der Waals surface area contributed by atoms with Gasteiger partial charge in [0.1, 0.15) is 0 Å². The monoisotopic (exact) mass is 229 g/mol. The van der Waals surface area contributed by atoms with Crippen molar-refractivity contribution in [3.63, 3.8) is 0 Å². The van der Waals surface area contributed by atoms with Gasteiger partial charge in [0.25, 0.3) is 0 Å². The van der Waals surface area contributed by atoms with Crippen molar-refractivity contribution in [1.29, 1.82) is 0 Å². The Hall–Kier alpha value is -0.120. The molecular formula is C13H27NO2. The van der Waals surface area contributed by atoms with Gasteiger partial charge in [0.15, 0.2) is 0 Å². The lowest BCUT2D eigenvalue weighted by atomic mass is 9.83. The van der Waals surface area contributed by atoms with Crippen molar-refractivity contribution in [2.24, 2.45) is 0 Å². The topological polar surface area (TPSA) is 30.5 Å². The number of rotatable bonds is 8. The van der Waals surface area contributed by atoms with Gasteiger partial charge in [-0.25, -0.2) is 0 Å². The van der Waals surface area contributed by atoms with Gasteiger partial charge in [-0.1, -0.05) is 19.3 Å². The van der Waals surface area contributed by atoms with Crippen LogP contribution >= 0.6 is 0 Å². The van der Waals surface area contributed by atoms with Crippen molar-refractivity contribution < 1.29 is 9.47 Å². The van der Waals surface area contributed by atoms with Crippen molar-refractivity contribution in [2.45, 2.75) is 51.0 Å². The smallest absolute Gasteiger partial charge is 0.0591 e. The maximum Gasteiger partial charge on any atom is 0.0591 e. The lowest BCUT2D eigenvalue weighted by Gasteiger charge is -2.34. The largest absolute Gasteiger partial charge is 0.385 e. The molecule has 0 amide bonds. The second-order valence-electron chi connectivity index (χ2n) is 5.01. The average Bonchev–Trinajstić information content (AvgIpc) is 2.29. The molecule has 1 fully saturated rings. The zero-order valence-electron chi connectivity index (χ0n) is 10.9. The molecule has 3 nitrogen and oxygen atoms in total. The van der Waals surface area contributed by atoms with Crippen LogP contribution in [-0.2, 0) is 9.47 Å². The van der Waals surface area contributed by atoms with Crippen LogP contribution in [0.3, 0.4) is 0 Å². The fourth-order valence-electron chi connectivity index (χ4n) is 2.34. The molecule has 1 aliphatic carbocycles. The molecule has 1 rings (SSSR count). The molecule has 0 spiro atoms. The van der Waals surface area contributed by atoms with Crippen molar-refractivity contribution in [3.8, 4) is 0 Å². The van der Waals surface area contributed by atoms with E-state index in [1.807, 2.05) is 0 Å². The van der Waals surface area contributed by atoms with E-state index in [0.29, 0.717) is 5.54 Å². The van der Waals surface area contributed by atoms with Gasteiger partial charge < -0.3 is 14.8 Å². The van der Waals surface area contributed by atoms with E-state index < -0.39 is 0 Å². The minimum atomic E-state index is 0.369. The maximum absolute atomic E-state index is 5.53. The Labute approximate surface area is 99.9 Å². The quantitative estimate of drug-likeness (QED) is 0.648. The molecular weight excluding hydrogens is 202 g/mol. The van der Waals surface area contributed by atoms with Crippen molar-refractivity contribution in [1.82, 2.24) is 5.32 Å². The van der Waals surface area contributed by atoms with Crippen LogP contribution in [0.4, 0.5) is 0 Å². The lowest BCUT2D eigenvalue weighted by molar-refractivity contribution is 0.0977. The molecule has 1 aliphatic rings. The van der Waals surface area contributed by atoms with E-state index in [9.17, 15) is 0 Å². The van der Waals surface area contributed by atoms with Gasteiger partial charge in [0, 0.05) is 32.4 Å². The van der Waals surface area contributed by atoms with Gasteiger partial charge in [-0.2, -0.15) is 0 Å². The van der Waals surface area contributed by atoms with Crippen LogP contribution in [0, 0.1) is 0 Å². The molecule has 96 valence electrons. The van der Waals surface area contributed by atoms with Crippen molar-refractivity contribution in [2.75, 3.05) is 33.5 Å². The highest BCUT2D eigenvalue weighted by atomic mass is 16.5. The Morgan fingerprint density at radius 3 is 2.50 bits per heavy atom. The van der Waals surface area contributed by atoms with Gasteiger partial charge in [-0.05, 0) is 26.2 Å². The molecule has 0 radical (unpaired) electrons. The summed E-state index contributed by atoms with van der Waals surface area (Å²) in [5.41, 5.74) is 0.369. The molecule has 0 atom stereocenters. The average molecular weight is 229 g/mol. The van der Waals surface area contributed by atoms with E-state index >= 15 is 0 Å². The standard InChI is InChI=1S/C13H27NO2/c1-13(7-4-3-5-8-13)14-9-12-16-11-6-10-15-2/h14H,3-12H2,1-2H3. The van der Waals surface area contributed by atoms with Gasteiger partial charge in [0.2, 0.25) is 0 Å². The van der Waals surface area contributed by atoms with Gasteiger partial charge in [0.05, 0.1) is 6.61 Å². The first-order chi connectivity index (χ1) is 7.77. The summed E-state index contributed by atoms with van der Waals surface area (Å²) in [5.74, 6) is 0. The second-order valence-corrected chi connectivity index (χ2v) is 5.01. The van der Waals surface area contributed by atoms with Crippen LogP contribution in [0.15, 0.2) is 0 Å². The zero-order valence-corrected chi connectivity index (χ0v) is 10.9. The third-order valence-electron chi connectivity index (χ3n) is 3.39. The molecule has 0 saturated heterocycles. The molecule has 1 saturated carbocycles. The van der Waals surface area contributed by atoms with E-state index in [4.69, 9.17) is 9.47 Å². The molecule has 0 bridgehead atoms. The molecule has 16 heavy (non-hydrogen) atoms. The molecule has 0 aromatic heterocycles. The van der Waals surface area contributed by atoms with E-state index in [0.717, 1.165) is 32.8 Å². The van der Waals surface area contributed by atoms with Crippen LogP contribution in [0.25, 0.3) is 0 Å². The molecule has 1 N–H and O–H groups in total. The number of hydrogen-bond donors (Lipinski definition) is 1. The Morgan fingerprint density at radius 1 is 1.06 bits per heavy atom. The predicted molar refractivity (Wildman–Crippen MR) is 66.8 cm³/mol. The number of methoxy groups -OCH3 is 1. The minimum absolute atomic E-state index is 0.369. The predicted octanol–water partition coefficient (Wildman–Crippen LogP) is 2.35. The van der Waals surface area contributed by atoms with Crippen molar-refractivity contribution in [3.05, 3.63) is 0 Å². The number of hydrogen-bond acceptors (Lipinski definition) is 3. The van der Waals surface area contributed by atoms with Crippen LogP contribution in [0.1, 0.15) is 45.4 Å². The highest BCUT2D eigenvalue weighted by Gasteiger charge is 2.25. The summed E-state index contributed by atoms with van der Waals surface area (Å²) in [5, 5.41) is 3.63. The molecule has 3 heteroatoms. The SMILES string of the molecule is COCCCOCCNC1(C)CCCCC1. The normalized spacial score (nSPS) is 19.9. The molecule has 0 unspecified atom stereocenters. The summed E-state index contributed by atoms with van der Waals surface area (Å²) >= 11 is 0. The molecule has 0 aromatic rings. The summed E-state index contributed by atoms with van der Waals surface area (Å²) in [6.45, 7) is 5.75. The first-order valence-electron chi connectivity index (χ1n) is 6.58. The highest BCUT2D eigenvalue weighted by molar-refractivity contribution is 4.85. The van der Waals surface area contributed by atoms with Gasteiger partial charge in [-0.3, -0.25) is 0 Å². The maximum atomic E-state index is 5.53. The van der Waals surface area contributed by atoms with E-state index in [1.54, 1.807) is 7.11 Å². The van der Waals surface area contributed by atoms with E-state index in [2.05, 4.69) is 12.2 Å². The van der Waals surface area contributed by atoms with Gasteiger partial charge >= 0.3 is 0 Å². The fourth-order valence-corrected chi connectivity index (χ4v) is 2.34. The summed E-state index contributed by atoms with van der Waals surface area (Å²) in [7, 11) is 1.73. The Kier molecular flexibility index (Phi) is 7.01. The van der Waals surface area contributed by atoms with Crippen molar-refractivity contribution >= 4 is 0 Å². The first-order valence-corrected chi connectivity index (χ1v) is 6.58. The van der Waals surface area contributed by atoms with Crippen LogP contribution < -0.4 is 5.32 Å². The third-order valence-corrected chi connectivity index (χ3v) is 3.39. The van der Waals surface area contributed by atoms with E-state index in [1.165, 1.54) is 32.1 Å². The summed E-state index contributed by atoms with van der Waals surface area (Å²) in [6.07, 6.45) is 7.78. The molecule has 0 heterocycles. The first kappa shape index (κ1) is 13.9. The highest BCUT2D eigenvalue weighted by Crippen LogP contribution is 2.27. The number of nitrogens with one attached hydrogen (secondary N) is 1.